The van der Waals surface area contributed by atoms with Crippen LogP contribution in [-0.2, 0) is 19.6 Å². The second-order valence-electron chi connectivity index (χ2n) is 11.8. The number of carbonyl (C=O) groups excluding carboxylic acids is 1. The molecule has 0 amide bonds. The number of esters is 1. The Morgan fingerprint density at radius 1 is 1.09 bits per heavy atom. The number of hydrogen-bond acceptors (Lipinski definition) is 9. The molecule has 3 aliphatic carbocycles. The van der Waals surface area contributed by atoms with Gasteiger partial charge >= 0.3 is 5.97 Å². The summed E-state index contributed by atoms with van der Waals surface area (Å²) in [6.07, 6.45) is 6.29. The predicted molar refractivity (Wildman–Crippen MR) is 165 cm³/mol. The molecule has 4 aromatic heterocycles. The van der Waals surface area contributed by atoms with Crippen LogP contribution in [0.4, 0.5) is 10.2 Å². The van der Waals surface area contributed by atoms with E-state index in [2.05, 4.69) is 10.3 Å². The van der Waals surface area contributed by atoms with E-state index >= 15 is 0 Å². The fourth-order valence-corrected chi connectivity index (χ4v) is 8.30. The molecule has 1 N–H and O–H groups in total. The molecular formula is C32H33FN6O5S. The minimum absolute atomic E-state index is 0.0385. The molecule has 5 aromatic rings. The van der Waals surface area contributed by atoms with Crippen LogP contribution in [0.2, 0.25) is 0 Å². The van der Waals surface area contributed by atoms with Gasteiger partial charge in [-0.05, 0) is 75.6 Å². The van der Waals surface area contributed by atoms with Crippen molar-refractivity contribution in [1.29, 1.82) is 0 Å². The number of nitrogens with one attached hydrogen (secondary N) is 1. The number of anilines is 1. The molecular weight excluding hydrogens is 599 g/mol. The first kappa shape index (κ1) is 29.2. The zero-order chi connectivity index (χ0) is 31.5. The topological polar surface area (TPSA) is 130 Å². The Morgan fingerprint density at radius 2 is 1.82 bits per heavy atom. The van der Waals surface area contributed by atoms with Gasteiger partial charge in [-0.1, -0.05) is 17.7 Å². The molecule has 0 aliphatic heterocycles. The van der Waals surface area contributed by atoms with Gasteiger partial charge in [-0.2, -0.15) is 4.52 Å². The zero-order valence-electron chi connectivity index (χ0n) is 25.1. The number of nitrogens with zero attached hydrogens (tertiary/aromatic N) is 5. The summed E-state index contributed by atoms with van der Waals surface area (Å²) in [7, 11) is -2.59. The Kier molecular flexibility index (Phi) is 7.22. The van der Waals surface area contributed by atoms with Crippen molar-refractivity contribution in [1.82, 2.24) is 23.6 Å². The number of pyridine rings is 1. The van der Waals surface area contributed by atoms with Crippen LogP contribution in [0.3, 0.4) is 0 Å². The van der Waals surface area contributed by atoms with E-state index in [1.54, 1.807) is 22.7 Å². The van der Waals surface area contributed by atoms with E-state index in [1.807, 2.05) is 19.9 Å². The molecule has 2 atom stereocenters. The number of carbonyl (C=O) groups is 1. The largest absolute Gasteiger partial charge is 0.481 e. The van der Waals surface area contributed by atoms with Gasteiger partial charge in [0.2, 0.25) is 5.88 Å². The number of aryl methyl sites for hydroxylation is 1. The standard InChI is InChI=1S/C32H33FN6O5S/c1-4-44-32(40)27-19-7-9-20(10-8-19)28(27)35-30-25-13-14-26(43-3)39(25)37-29(36-30)24-17-38(31-23(24)15-21(33)16-34-31)45(41,42)22-11-5-18(2)6-12-22/h5-6,11-17,19-20,27-28H,4,7-10H2,1-3H3,(H,35,36,37)/t19?,20?,27-,28-/m0/s1. The van der Waals surface area contributed by atoms with Gasteiger partial charge < -0.3 is 14.8 Å². The van der Waals surface area contributed by atoms with Crippen molar-refractivity contribution >= 4 is 38.4 Å². The van der Waals surface area contributed by atoms with Crippen LogP contribution in [0.15, 0.2) is 59.8 Å². The number of benzene rings is 1. The van der Waals surface area contributed by atoms with Crippen LogP contribution in [0, 0.1) is 30.5 Å². The van der Waals surface area contributed by atoms with E-state index in [0.29, 0.717) is 23.8 Å². The van der Waals surface area contributed by atoms with Crippen molar-refractivity contribution in [3.63, 3.8) is 0 Å². The average Bonchev–Trinajstić information content (AvgIpc) is 3.63. The Morgan fingerprint density at radius 3 is 2.53 bits per heavy atom. The molecule has 13 heteroatoms. The first-order valence-corrected chi connectivity index (χ1v) is 16.5. The monoisotopic (exact) mass is 632 g/mol. The van der Waals surface area contributed by atoms with Crippen LogP contribution in [-0.4, -0.2) is 57.7 Å². The van der Waals surface area contributed by atoms with Gasteiger partial charge in [-0.15, -0.1) is 5.10 Å². The number of fused-ring (bicyclic) bond motifs is 5. The van der Waals surface area contributed by atoms with Crippen LogP contribution >= 0.6 is 0 Å². The molecule has 0 saturated heterocycles. The molecule has 0 spiro atoms. The van der Waals surface area contributed by atoms with Gasteiger partial charge in [0.1, 0.15) is 11.3 Å². The Bertz CT molecular complexity index is 2030. The van der Waals surface area contributed by atoms with E-state index in [4.69, 9.17) is 19.6 Å². The highest BCUT2D eigenvalue weighted by Gasteiger charge is 2.48. The van der Waals surface area contributed by atoms with Gasteiger partial charge in [0, 0.05) is 29.3 Å². The molecule has 0 radical (unpaired) electrons. The lowest BCUT2D eigenvalue weighted by Gasteiger charge is -2.47. The summed E-state index contributed by atoms with van der Waals surface area (Å²) in [5.41, 5.74) is 1.82. The number of methoxy groups -OCH3 is 1. The molecule has 4 heterocycles. The van der Waals surface area contributed by atoms with E-state index in [-0.39, 0.29) is 57.1 Å². The van der Waals surface area contributed by atoms with Crippen LogP contribution in [0.5, 0.6) is 5.88 Å². The first-order valence-electron chi connectivity index (χ1n) is 15.1. The van der Waals surface area contributed by atoms with Crippen LogP contribution < -0.4 is 10.1 Å². The maximum Gasteiger partial charge on any atom is 0.311 e. The lowest BCUT2D eigenvalue weighted by atomic mass is 9.61. The molecule has 3 aliphatic rings. The van der Waals surface area contributed by atoms with Crippen molar-refractivity contribution in [2.75, 3.05) is 19.0 Å². The number of aromatic nitrogens is 5. The normalized spacial score (nSPS) is 21.3. The average molecular weight is 633 g/mol. The highest BCUT2D eigenvalue weighted by atomic mass is 32.2. The maximum absolute atomic E-state index is 14.6. The zero-order valence-corrected chi connectivity index (χ0v) is 25.9. The quantitative estimate of drug-likeness (QED) is 0.229. The number of rotatable bonds is 8. The highest BCUT2D eigenvalue weighted by molar-refractivity contribution is 7.90. The summed E-state index contributed by atoms with van der Waals surface area (Å²) < 4.78 is 56.0. The molecule has 11 nitrogen and oxygen atoms in total. The van der Waals surface area contributed by atoms with E-state index < -0.39 is 15.8 Å². The molecule has 0 unspecified atom stereocenters. The molecule has 3 fully saturated rings. The fraction of sp³-hybridized carbons (Fsp3) is 0.375. The number of ether oxygens (including phenoxy) is 2. The third-order valence-corrected chi connectivity index (χ3v) is 10.8. The smallest absolute Gasteiger partial charge is 0.311 e. The highest BCUT2D eigenvalue weighted by Crippen LogP contribution is 2.47. The van der Waals surface area contributed by atoms with Crippen molar-refractivity contribution in [2.24, 2.45) is 17.8 Å². The molecule has 3 saturated carbocycles. The maximum atomic E-state index is 14.6. The Hall–Kier alpha value is -4.52. The summed E-state index contributed by atoms with van der Waals surface area (Å²) in [5.74, 6) is 0.280. The van der Waals surface area contributed by atoms with Crippen molar-refractivity contribution < 1.29 is 27.1 Å². The first-order chi connectivity index (χ1) is 21.7. The van der Waals surface area contributed by atoms with E-state index in [9.17, 15) is 17.6 Å². The second-order valence-corrected chi connectivity index (χ2v) is 13.6. The molecule has 2 bridgehead atoms. The number of hydrogen-bond donors (Lipinski definition) is 1. The molecule has 1 aromatic carbocycles. The van der Waals surface area contributed by atoms with Crippen molar-refractivity contribution in [3.05, 3.63) is 66.2 Å². The minimum atomic E-state index is -4.11. The lowest BCUT2D eigenvalue weighted by Crippen LogP contribution is -2.52. The number of halogens is 1. The summed E-state index contributed by atoms with van der Waals surface area (Å²) in [6.45, 7) is 3.98. The minimum Gasteiger partial charge on any atom is -0.481 e. The van der Waals surface area contributed by atoms with Crippen LogP contribution in [0.25, 0.3) is 27.9 Å². The predicted octanol–water partition coefficient (Wildman–Crippen LogP) is 5.22. The van der Waals surface area contributed by atoms with Crippen molar-refractivity contribution in [2.45, 2.75) is 50.5 Å². The molecule has 8 rings (SSSR count). The van der Waals surface area contributed by atoms with Gasteiger partial charge in [0.15, 0.2) is 17.3 Å². The van der Waals surface area contributed by atoms with Gasteiger partial charge in [-0.25, -0.2) is 26.7 Å². The summed E-state index contributed by atoms with van der Waals surface area (Å²) in [4.78, 5) is 22.3. The summed E-state index contributed by atoms with van der Waals surface area (Å²) >= 11 is 0. The van der Waals surface area contributed by atoms with Gasteiger partial charge in [0.25, 0.3) is 10.0 Å². The lowest BCUT2D eigenvalue weighted by molar-refractivity contribution is -0.154. The van der Waals surface area contributed by atoms with E-state index in [1.165, 1.54) is 31.5 Å². The second kappa shape index (κ2) is 11.1. The third kappa shape index (κ3) is 4.89. The van der Waals surface area contributed by atoms with E-state index in [0.717, 1.165) is 41.4 Å². The van der Waals surface area contributed by atoms with Gasteiger partial charge in [-0.3, -0.25) is 4.79 Å². The van der Waals surface area contributed by atoms with Gasteiger partial charge in [0.05, 0.1) is 30.7 Å². The third-order valence-electron chi connectivity index (χ3n) is 9.16. The summed E-state index contributed by atoms with van der Waals surface area (Å²) in [5, 5.41) is 8.51. The Balaban J connectivity index is 1.39. The molecule has 45 heavy (non-hydrogen) atoms. The SMILES string of the molecule is CCOC(=O)[C@H]1C2CCC(CC2)[C@@H]1Nc1nc(-c2cn(S(=O)(=O)c3ccc(C)cc3)c3ncc(F)cc23)nn2c(OC)ccc12. The fourth-order valence-electron chi connectivity index (χ4n) is 6.98. The summed E-state index contributed by atoms with van der Waals surface area (Å²) in [6, 6.07) is 11.0. The van der Waals surface area contributed by atoms with Crippen LogP contribution in [0.1, 0.15) is 38.2 Å². The Labute approximate surface area is 259 Å². The molecule has 234 valence electrons. The van der Waals surface area contributed by atoms with Crippen molar-refractivity contribution in [3.8, 4) is 17.3 Å².